The van der Waals surface area contributed by atoms with Crippen molar-refractivity contribution in [1.29, 1.82) is 0 Å². The van der Waals surface area contributed by atoms with Crippen LogP contribution in [0.4, 0.5) is 5.69 Å². The van der Waals surface area contributed by atoms with Crippen molar-refractivity contribution in [3.63, 3.8) is 0 Å². The molecular formula is C14H22ClN3O2S. The molecule has 0 unspecified atom stereocenters. The molecule has 1 aliphatic rings. The highest BCUT2D eigenvalue weighted by atomic mass is 35.5. The van der Waals surface area contributed by atoms with E-state index in [1.54, 1.807) is 13.0 Å². The molecule has 3 N–H and O–H groups in total. The van der Waals surface area contributed by atoms with Crippen LogP contribution in [0.15, 0.2) is 17.0 Å². The highest BCUT2D eigenvalue weighted by Gasteiger charge is 2.24. The van der Waals surface area contributed by atoms with Gasteiger partial charge >= 0.3 is 0 Å². The number of hydrogen-bond donors (Lipinski definition) is 2. The average Bonchev–Trinajstić information content (AvgIpc) is 2.44. The molecule has 0 amide bonds. The lowest BCUT2D eigenvalue weighted by Gasteiger charge is -2.31. The van der Waals surface area contributed by atoms with Gasteiger partial charge in [-0.15, -0.1) is 0 Å². The smallest absolute Gasteiger partial charge is 0.240 e. The van der Waals surface area contributed by atoms with Gasteiger partial charge in [-0.3, -0.25) is 0 Å². The number of halogens is 1. The predicted octanol–water partition coefficient (Wildman–Crippen LogP) is 1.99. The van der Waals surface area contributed by atoms with E-state index in [1.165, 1.54) is 6.07 Å². The monoisotopic (exact) mass is 331 g/mol. The minimum absolute atomic E-state index is 0.0185. The first-order valence-electron chi connectivity index (χ1n) is 7.13. The van der Waals surface area contributed by atoms with Crippen LogP contribution in [0.3, 0.4) is 0 Å². The number of piperidine rings is 1. The Bertz CT molecular complexity index is 588. The molecule has 1 fully saturated rings. The number of hydrogen-bond acceptors (Lipinski definition) is 4. The van der Waals surface area contributed by atoms with Crippen molar-refractivity contribution in [2.45, 2.75) is 37.6 Å². The Kier molecular flexibility index (Phi) is 5.14. The second-order valence-corrected chi connectivity index (χ2v) is 7.57. The molecule has 0 radical (unpaired) electrons. The van der Waals surface area contributed by atoms with Crippen LogP contribution in [0, 0.1) is 6.92 Å². The Morgan fingerprint density at radius 3 is 2.52 bits per heavy atom. The predicted molar refractivity (Wildman–Crippen MR) is 86.1 cm³/mol. The van der Waals surface area contributed by atoms with Gasteiger partial charge in [-0.1, -0.05) is 18.5 Å². The molecule has 1 heterocycles. The number of nitrogens with one attached hydrogen (secondary N) is 1. The summed E-state index contributed by atoms with van der Waals surface area (Å²) in [7, 11) is -3.55. The van der Waals surface area contributed by atoms with Crippen molar-refractivity contribution in [1.82, 2.24) is 9.62 Å². The van der Waals surface area contributed by atoms with Crippen LogP contribution in [0.2, 0.25) is 5.02 Å². The summed E-state index contributed by atoms with van der Waals surface area (Å²) in [6, 6.07) is 2.95. The van der Waals surface area contributed by atoms with Crippen LogP contribution in [0.1, 0.15) is 25.3 Å². The van der Waals surface area contributed by atoms with Crippen LogP contribution in [0.25, 0.3) is 0 Å². The molecule has 1 aromatic carbocycles. The van der Waals surface area contributed by atoms with E-state index in [4.69, 9.17) is 17.3 Å². The summed E-state index contributed by atoms with van der Waals surface area (Å²) in [6.07, 6.45) is 1.66. The third-order valence-electron chi connectivity index (χ3n) is 3.92. The molecule has 0 bridgehead atoms. The molecular weight excluding hydrogens is 310 g/mol. The van der Waals surface area contributed by atoms with Crippen LogP contribution < -0.4 is 10.5 Å². The summed E-state index contributed by atoms with van der Waals surface area (Å²) in [5.74, 6) is 0. The van der Waals surface area contributed by atoms with Gasteiger partial charge in [0.1, 0.15) is 0 Å². The number of nitrogens with zero attached hydrogens (tertiary/aromatic N) is 1. The third kappa shape index (κ3) is 3.88. The molecule has 1 saturated heterocycles. The van der Waals surface area contributed by atoms with Gasteiger partial charge in [0.2, 0.25) is 10.0 Å². The lowest BCUT2D eigenvalue weighted by atomic mass is 10.1. The topological polar surface area (TPSA) is 75.4 Å². The molecule has 0 atom stereocenters. The lowest BCUT2D eigenvalue weighted by Crippen LogP contribution is -2.44. The van der Waals surface area contributed by atoms with Gasteiger partial charge in [-0.25, -0.2) is 13.1 Å². The fraction of sp³-hybridized carbons (Fsp3) is 0.571. The van der Waals surface area contributed by atoms with Gasteiger partial charge in [-0.2, -0.15) is 0 Å². The molecule has 118 valence electrons. The maximum atomic E-state index is 12.4. The molecule has 21 heavy (non-hydrogen) atoms. The minimum atomic E-state index is -3.55. The maximum Gasteiger partial charge on any atom is 0.240 e. The molecule has 7 heteroatoms. The quantitative estimate of drug-likeness (QED) is 0.827. The van der Waals surface area contributed by atoms with Gasteiger partial charge in [0.25, 0.3) is 0 Å². The van der Waals surface area contributed by atoms with Crippen molar-refractivity contribution < 1.29 is 8.42 Å². The first-order valence-corrected chi connectivity index (χ1v) is 9.00. The van der Waals surface area contributed by atoms with E-state index in [-0.39, 0.29) is 16.6 Å². The first kappa shape index (κ1) is 16.5. The molecule has 0 spiro atoms. The normalized spacial score (nSPS) is 18.0. The average molecular weight is 332 g/mol. The van der Waals surface area contributed by atoms with Crippen molar-refractivity contribution in [3.8, 4) is 0 Å². The third-order valence-corrected chi connectivity index (χ3v) is 5.94. The van der Waals surface area contributed by atoms with Crippen LogP contribution in [-0.2, 0) is 10.0 Å². The fourth-order valence-corrected chi connectivity index (χ4v) is 4.11. The van der Waals surface area contributed by atoms with Crippen molar-refractivity contribution >= 4 is 27.3 Å². The number of anilines is 1. The van der Waals surface area contributed by atoms with Gasteiger partial charge in [0, 0.05) is 6.04 Å². The van der Waals surface area contributed by atoms with Gasteiger partial charge in [0.05, 0.1) is 15.6 Å². The first-order chi connectivity index (χ1) is 9.83. The molecule has 1 aromatic rings. The molecule has 5 nitrogen and oxygen atoms in total. The second-order valence-electron chi connectivity index (χ2n) is 5.47. The van der Waals surface area contributed by atoms with E-state index in [1.807, 2.05) is 0 Å². The number of rotatable bonds is 4. The van der Waals surface area contributed by atoms with E-state index in [0.717, 1.165) is 32.5 Å². The van der Waals surface area contributed by atoms with Crippen molar-refractivity contribution in [2.24, 2.45) is 0 Å². The van der Waals surface area contributed by atoms with Crippen molar-refractivity contribution in [2.75, 3.05) is 25.4 Å². The van der Waals surface area contributed by atoms with Crippen molar-refractivity contribution in [3.05, 3.63) is 22.7 Å². The number of aryl methyl sites for hydroxylation is 1. The Morgan fingerprint density at radius 1 is 1.38 bits per heavy atom. The van der Waals surface area contributed by atoms with Crippen LogP contribution in [0.5, 0.6) is 0 Å². The Morgan fingerprint density at radius 2 is 2.00 bits per heavy atom. The Balaban J connectivity index is 2.12. The standard InChI is InChI=1S/C14H22ClN3O2S/c1-3-18-6-4-11(5-7-18)17-21(19,20)12-8-10(2)14(15)13(16)9-12/h8-9,11,17H,3-7,16H2,1-2H3. The number of nitrogen functional groups attached to an aromatic ring is 1. The molecule has 2 rings (SSSR count). The molecule has 1 aliphatic heterocycles. The molecule has 0 aromatic heterocycles. The van der Waals surface area contributed by atoms with E-state index in [2.05, 4.69) is 16.5 Å². The van der Waals surface area contributed by atoms with Gasteiger partial charge < -0.3 is 10.6 Å². The Hall–Kier alpha value is -0.820. The number of nitrogens with two attached hydrogens (primary N) is 1. The molecule has 0 aliphatic carbocycles. The Labute approximate surface area is 131 Å². The van der Waals surface area contributed by atoms with E-state index >= 15 is 0 Å². The lowest BCUT2D eigenvalue weighted by molar-refractivity contribution is 0.217. The number of sulfonamides is 1. The zero-order chi connectivity index (χ0) is 15.6. The summed E-state index contributed by atoms with van der Waals surface area (Å²) >= 11 is 5.98. The van der Waals surface area contributed by atoms with Crippen LogP contribution in [-0.4, -0.2) is 39.0 Å². The summed E-state index contributed by atoms with van der Waals surface area (Å²) in [6.45, 7) is 6.71. The molecule has 0 saturated carbocycles. The summed E-state index contributed by atoms with van der Waals surface area (Å²) < 4.78 is 27.7. The van der Waals surface area contributed by atoms with Gasteiger partial charge in [0.15, 0.2) is 0 Å². The second kappa shape index (κ2) is 6.52. The fourth-order valence-electron chi connectivity index (χ4n) is 2.57. The summed E-state index contributed by atoms with van der Waals surface area (Å²) in [5.41, 5.74) is 6.71. The summed E-state index contributed by atoms with van der Waals surface area (Å²) in [4.78, 5) is 2.50. The maximum absolute atomic E-state index is 12.4. The highest BCUT2D eigenvalue weighted by molar-refractivity contribution is 7.89. The largest absolute Gasteiger partial charge is 0.397 e. The summed E-state index contributed by atoms with van der Waals surface area (Å²) in [5, 5.41) is 0.408. The van der Waals surface area contributed by atoms with E-state index in [9.17, 15) is 8.42 Å². The van der Waals surface area contributed by atoms with Gasteiger partial charge in [-0.05, 0) is 57.1 Å². The van der Waals surface area contributed by atoms with E-state index in [0.29, 0.717) is 10.6 Å². The minimum Gasteiger partial charge on any atom is -0.397 e. The van der Waals surface area contributed by atoms with E-state index < -0.39 is 10.0 Å². The zero-order valence-electron chi connectivity index (χ0n) is 12.4. The van der Waals surface area contributed by atoms with Crippen LogP contribution >= 0.6 is 11.6 Å². The SMILES string of the molecule is CCN1CCC(NS(=O)(=O)c2cc(C)c(Cl)c(N)c2)CC1. The number of likely N-dealkylation sites (tertiary alicyclic amines) is 1. The zero-order valence-corrected chi connectivity index (χ0v) is 14.0. The highest BCUT2D eigenvalue weighted by Crippen LogP contribution is 2.27. The number of benzene rings is 1.